The molecule has 0 aromatic heterocycles. The van der Waals surface area contributed by atoms with E-state index in [1.165, 1.54) is 49.5 Å². The molecule has 0 unspecified atom stereocenters. The van der Waals surface area contributed by atoms with Crippen molar-refractivity contribution < 1.29 is 26.3 Å². The Morgan fingerprint density at radius 3 is 2.04 bits per heavy atom. The Hall–Kier alpha value is -2.30. The van der Waals surface area contributed by atoms with Crippen LogP contribution in [0.2, 0.25) is 0 Å². The average molecular weight is 384 g/mol. The van der Waals surface area contributed by atoms with Gasteiger partial charge in [-0.3, -0.25) is 4.72 Å². The van der Waals surface area contributed by atoms with Crippen LogP contribution in [0.15, 0.2) is 52.3 Å². The Morgan fingerprint density at radius 1 is 0.800 bits per heavy atom. The van der Waals surface area contributed by atoms with Crippen molar-refractivity contribution in [3.63, 3.8) is 0 Å². The lowest BCUT2D eigenvalue weighted by Crippen LogP contribution is -2.19. The number of fused-ring (bicyclic) bond motifs is 1. The van der Waals surface area contributed by atoms with E-state index in [0.717, 1.165) is 0 Å². The van der Waals surface area contributed by atoms with E-state index in [4.69, 9.17) is 9.47 Å². The number of ether oxygens (including phenoxy) is 2. The number of hydrogen-bond donors (Lipinski definition) is 2. The Morgan fingerprint density at radius 2 is 1.40 bits per heavy atom. The predicted octanol–water partition coefficient (Wildman–Crippen LogP) is 1.17. The van der Waals surface area contributed by atoms with E-state index in [0.29, 0.717) is 24.7 Å². The summed E-state index contributed by atoms with van der Waals surface area (Å²) in [5, 5.41) is 0. The molecule has 3 rings (SSSR count). The minimum absolute atomic E-state index is 0.0173. The first-order chi connectivity index (χ1) is 11.8. The zero-order chi connectivity index (χ0) is 18.1. The average Bonchev–Trinajstić information content (AvgIpc) is 2.61. The van der Waals surface area contributed by atoms with Gasteiger partial charge in [0.25, 0.3) is 10.0 Å². The van der Waals surface area contributed by atoms with Crippen molar-refractivity contribution in [1.82, 2.24) is 4.72 Å². The quantitative estimate of drug-likeness (QED) is 0.800. The molecular weight excluding hydrogens is 368 g/mol. The van der Waals surface area contributed by atoms with Gasteiger partial charge in [0.15, 0.2) is 11.5 Å². The molecule has 2 aromatic rings. The van der Waals surface area contributed by atoms with E-state index in [1.807, 2.05) is 0 Å². The highest BCUT2D eigenvalue weighted by molar-refractivity contribution is 7.92. The van der Waals surface area contributed by atoms with Crippen molar-refractivity contribution in [3.05, 3.63) is 42.5 Å². The lowest BCUT2D eigenvalue weighted by molar-refractivity contribution is 0.171. The predicted molar refractivity (Wildman–Crippen MR) is 90.9 cm³/mol. The molecule has 1 heterocycles. The van der Waals surface area contributed by atoms with E-state index < -0.39 is 20.0 Å². The highest BCUT2D eigenvalue weighted by Crippen LogP contribution is 2.32. The standard InChI is InChI=1S/C15H16N2O6S2/c1-16-24(18,19)12-4-2-11(3-5-12)17-25(20,21)13-6-7-14-15(10-13)23-9-8-22-14/h2-7,10,16-17H,8-9H2,1H3. The van der Waals surface area contributed by atoms with Crippen molar-refractivity contribution in [3.8, 4) is 11.5 Å². The topological polar surface area (TPSA) is 111 Å². The molecule has 0 amide bonds. The van der Waals surface area contributed by atoms with Crippen molar-refractivity contribution in [2.75, 3.05) is 25.0 Å². The number of hydrogen-bond acceptors (Lipinski definition) is 6. The fourth-order valence-corrected chi connectivity index (χ4v) is 4.03. The molecule has 8 nitrogen and oxygen atoms in total. The van der Waals surface area contributed by atoms with Crippen LogP contribution in [0, 0.1) is 0 Å². The van der Waals surface area contributed by atoms with Crippen molar-refractivity contribution in [2.24, 2.45) is 0 Å². The minimum atomic E-state index is -3.85. The fraction of sp³-hybridized carbons (Fsp3) is 0.200. The van der Waals surface area contributed by atoms with Gasteiger partial charge in [0.1, 0.15) is 13.2 Å². The van der Waals surface area contributed by atoms with Crippen LogP contribution in [0.3, 0.4) is 0 Å². The minimum Gasteiger partial charge on any atom is -0.486 e. The normalized spacial score (nSPS) is 14.1. The van der Waals surface area contributed by atoms with Crippen LogP contribution < -0.4 is 18.9 Å². The lowest BCUT2D eigenvalue weighted by Gasteiger charge is -2.19. The maximum atomic E-state index is 12.5. The molecule has 25 heavy (non-hydrogen) atoms. The second-order valence-electron chi connectivity index (χ2n) is 5.14. The van der Waals surface area contributed by atoms with E-state index in [-0.39, 0.29) is 15.5 Å². The molecule has 0 spiro atoms. The molecule has 0 saturated carbocycles. The molecule has 0 saturated heterocycles. The van der Waals surface area contributed by atoms with Gasteiger partial charge in [0.2, 0.25) is 10.0 Å². The molecule has 1 aliphatic heterocycles. The number of nitrogens with one attached hydrogen (secondary N) is 2. The lowest BCUT2D eigenvalue weighted by atomic mass is 10.3. The van der Waals surface area contributed by atoms with Crippen LogP contribution in [0.1, 0.15) is 0 Å². The van der Waals surface area contributed by atoms with Gasteiger partial charge in [-0.05, 0) is 43.4 Å². The van der Waals surface area contributed by atoms with Crippen molar-refractivity contribution >= 4 is 25.7 Å². The largest absolute Gasteiger partial charge is 0.486 e. The van der Waals surface area contributed by atoms with Crippen LogP contribution in [-0.2, 0) is 20.0 Å². The van der Waals surface area contributed by atoms with Crippen LogP contribution in [0.25, 0.3) is 0 Å². The molecule has 0 bridgehead atoms. The second-order valence-corrected chi connectivity index (χ2v) is 8.71. The molecule has 0 radical (unpaired) electrons. The van der Waals surface area contributed by atoms with Gasteiger partial charge in [-0.1, -0.05) is 0 Å². The molecule has 0 aliphatic carbocycles. The molecule has 0 fully saturated rings. The fourth-order valence-electron chi connectivity index (χ4n) is 2.22. The first-order valence-corrected chi connectivity index (χ1v) is 10.2. The first-order valence-electron chi connectivity index (χ1n) is 7.28. The van der Waals surface area contributed by atoms with Gasteiger partial charge in [-0.15, -0.1) is 0 Å². The van der Waals surface area contributed by atoms with Gasteiger partial charge >= 0.3 is 0 Å². The molecule has 2 aromatic carbocycles. The number of rotatable bonds is 5. The van der Waals surface area contributed by atoms with E-state index >= 15 is 0 Å². The van der Waals surface area contributed by atoms with Gasteiger partial charge in [0.05, 0.1) is 9.79 Å². The van der Waals surface area contributed by atoms with Gasteiger partial charge in [-0.25, -0.2) is 21.6 Å². The molecule has 0 atom stereocenters. The third-order valence-electron chi connectivity index (χ3n) is 3.51. The van der Waals surface area contributed by atoms with E-state index in [1.54, 1.807) is 0 Å². The maximum absolute atomic E-state index is 12.5. The number of sulfonamides is 2. The van der Waals surface area contributed by atoms with E-state index in [2.05, 4.69) is 9.44 Å². The molecule has 2 N–H and O–H groups in total. The highest BCUT2D eigenvalue weighted by atomic mass is 32.2. The summed E-state index contributed by atoms with van der Waals surface area (Å²) in [6, 6.07) is 9.71. The summed E-state index contributed by atoms with van der Waals surface area (Å²) in [7, 11) is -6.13. The summed E-state index contributed by atoms with van der Waals surface area (Å²) in [5.74, 6) is 0.858. The smallest absolute Gasteiger partial charge is 0.262 e. The molecule has 134 valence electrons. The maximum Gasteiger partial charge on any atom is 0.262 e. The van der Waals surface area contributed by atoms with Crippen LogP contribution in [-0.4, -0.2) is 37.1 Å². The summed E-state index contributed by atoms with van der Waals surface area (Å²) in [6.07, 6.45) is 0. The summed E-state index contributed by atoms with van der Waals surface area (Å²) >= 11 is 0. The van der Waals surface area contributed by atoms with Crippen molar-refractivity contribution in [2.45, 2.75) is 9.79 Å². The highest BCUT2D eigenvalue weighted by Gasteiger charge is 2.20. The SMILES string of the molecule is CNS(=O)(=O)c1ccc(NS(=O)(=O)c2ccc3c(c2)OCCO3)cc1. The molecule has 1 aliphatic rings. The van der Waals surface area contributed by atoms with Crippen molar-refractivity contribution in [1.29, 1.82) is 0 Å². The summed E-state index contributed by atoms with van der Waals surface area (Å²) in [4.78, 5) is 0.0564. The van der Waals surface area contributed by atoms with Gasteiger partial charge in [-0.2, -0.15) is 0 Å². The Labute approximate surface area is 145 Å². The monoisotopic (exact) mass is 384 g/mol. The van der Waals surface area contributed by atoms with Crippen LogP contribution >= 0.6 is 0 Å². The zero-order valence-electron chi connectivity index (χ0n) is 13.2. The third-order valence-corrected chi connectivity index (χ3v) is 6.32. The van der Waals surface area contributed by atoms with Gasteiger partial charge in [0, 0.05) is 11.8 Å². The third kappa shape index (κ3) is 3.70. The van der Waals surface area contributed by atoms with Gasteiger partial charge < -0.3 is 9.47 Å². The Balaban J connectivity index is 1.84. The van der Waals surface area contributed by atoms with E-state index in [9.17, 15) is 16.8 Å². The van der Waals surface area contributed by atoms with Crippen LogP contribution in [0.4, 0.5) is 5.69 Å². The molecular formula is C15H16N2O6S2. The zero-order valence-corrected chi connectivity index (χ0v) is 14.9. The number of benzene rings is 2. The summed E-state index contributed by atoms with van der Waals surface area (Å²) in [5.41, 5.74) is 0.241. The Bertz CT molecular complexity index is 985. The summed E-state index contributed by atoms with van der Waals surface area (Å²) in [6.45, 7) is 0.768. The molecule has 10 heteroatoms. The Kier molecular flexibility index (Phi) is 4.58. The number of anilines is 1. The second kappa shape index (κ2) is 6.54. The van der Waals surface area contributed by atoms with Crippen LogP contribution in [0.5, 0.6) is 11.5 Å². The summed E-state index contributed by atoms with van der Waals surface area (Å²) < 4.78 is 63.7. The first kappa shape index (κ1) is 17.5.